The van der Waals surface area contributed by atoms with Gasteiger partial charge in [-0.05, 0) is 31.4 Å². The second kappa shape index (κ2) is 6.23. The minimum absolute atomic E-state index is 0.0463. The Kier molecular flexibility index (Phi) is 4.95. The fourth-order valence-corrected chi connectivity index (χ4v) is 1.94. The number of ether oxygens (including phenoxy) is 1. The summed E-state index contributed by atoms with van der Waals surface area (Å²) in [5.74, 6) is 1.04. The summed E-state index contributed by atoms with van der Waals surface area (Å²) in [7, 11) is 1.49. The fourth-order valence-electron chi connectivity index (χ4n) is 1.94. The van der Waals surface area contributed by atoms with Crippen LogP contribution in [0.2, 0.25) is 0 Å². The lowest BCUT2D eigenvalue weighted by Crippen LogP contribution is -2.18. The fraction of sp³-hybridized carbons (Fsp3) is 0.538. The van der Waals surface area contributed by atoms with Crippen molar-refractivity contribution in [3.05, 3.63) is 28.3 Å². The molecule has 18 heavy (non-hydrogen) atoms. The summed E-state index contributed by atoms with van der Waals surface area (Å²) in [6, 6.07) is 5.03. The molecule has 0 heterocycles. The molecule has 5 heteroatoms. The zero-order valence-corrected chi connectivity index (χ0v) is 11.3. The van der Waals surface area contributed by atoms with Gasteiger partial charge in [0.25, 0.3) is 5.69 Å². The molecule has 1 atom stereocenters. The molecule has 0 aliphatic carbocycles. The maximum atomic E-state index is 11.0. The van der Waals surface area contributed by atoms with Crippen LogP contribution >= 0.6 is 0 Å². The van der Waals surface area contributed by atoms with E-state index in [-0.39, 0.29) is 11.7 Å². The van der Waals surface area contributed by atoms with Crippen molar-refractivity contribution < 1.29 is 9.66 Å². The molecule has 0 spiro atoms. The molecule has 0 amide bonds. The molecular formula is C13H20N2O3. The number of nitrogens with zero attached hydrogens (tertiary/aromatic N) is 1. The van der Waals surface area contributed by atoms with E-state index in [0.717, 1.165) is 6.42 Å². The van der Waals surface area contributed by atoms with E-state index in [4.69, 9.17) is 4.74 Å². The third-order valence-corrected chi connectivity index (χ3v) is 2.63. The summed E-state index contributed by atoms with van der Waals surface area (Å²) >= 11 is 0. The Hall–Kier alpha value is -1.78. The number of rotatable bonds is 6. The maximum absolute atomic E-state index is 11.0. The van der Waals surface area contributed by atoms with Crippen molar-refractivity contribution in [2.24, 2.45) is 5.92 Å². The van der Waals surface area contributed by atoms with E-state index in [1.165, 1.54) is 13.2 Å². The highest BCUT2D eigenvalue weighted by molar-refractivity contribution is 5.64. The number of hydrogen-bond acceptors (Lipinski definition) is 4. The van der Waals surface area contributed by atoms with E-state index in [1.54, 1.807) is 12.1 Å². The first-order valence-electron chi connectivity index (χ1n) is 6.03. The van der Waals surface area contributed by atoms with Gasteiger partial charge in [-0.25, -0.2) is 0 Å². The first-order valence-corrected chi connectivity index (χ1v) is 6.03. The Morgan fingerprint density at radius 1 is 1.39 bits per heavy atom. The molecule has 0 aliphatic rings. The van der Waals surface area contributed by atoms with Crippen LogP contribution in [0.25, 0.3) is 0 Å². The van der Waals surface area contributed by atoms with Crippen LogP contribution in [0.5, 0.6) is 5.75 Å². The van der Waals surface area contributed by atoms with E-state index in [2.05, 4.69) is 19.2 Å². The molecule has 100 valence electrons. The summed E-state index contributed by atoms with van der Waals surface area (Å²) < 4.78 is 5.00. The predicted molar refractivity (Wildman–Crippen MR) is 72.2 cm³/mol. The minimum Gasteiger partial charge on any atom is -0.496 e. The highest BCUT2D eigenvalue weighted by atomic mass is 16.6. The second-order valence-corrected chi connectivity index (χ2v) is 4.82. The van der Waals surface area contributed by atoms with Gasteiger partial charge < -0.3 is 10.1 Å². The van der Waals surface area contributed by atoms with Crippen LogP contribution < -0.4 is 10.1 Å². The lowest BCUT2D eigenvalue weighted by molar-refractivity contribution is -0.384. The minimum atomic E-state index is -0.396. The average Bonchev–Trinajstić information content (AvgIpc) is 2.28. The number of nitrogens with one attached hydrogen (secondary N) is 1. The monoisotopic (exact) mass is 252 g/mol. The standard InChI is InChI=1S/C13H20N2O3/c1-9(2)7-10(3)14-12-6-5-11(18-4)8-13(12)15(16)17/h5-6,8-10,14H,7H2,1-4H3. The van der Waals surface area contributed by atoms with Crippen molar-refractivity contribution in [2.45, 2.75) is 33.2 Å². The summed E-state index contributed by atoms with van der Waals surface area (Å²) in [5.41, 5.74) is 0.582. The SMILES string of the molecule is COc1ccc(NC(C)CC(C)C)c([N+](=O)[O-])c1. The molecule has 0 saturated carbocycles. The van der Waals surface area contributed by atoms with Crippen LogP contribution in [0, 0.1) is 16.0 Å². The molecule has 0 radical (unpaired) electrons. The topological polar surface area (TPSA) is 64.4 Å². The van der Waals surface area contributed by atoms with Crippen LogP contribution in [0.4, 0.5) is 11.4 Å². The molecule has 0 fully saturated rings. The second-order valence-electron chi connectivity index (χ2n) is 4.82. The zero-order valence-electron chi connectivity index (χ0n) is 11.3. The third-order valence-electron chi connectivity index (χ3n) is 2.63. The summed E-state index contributed by atoms with van der Waals surface area (Å²) in [6.45, 7) is 6.27. The van der Waals surface area contributed by atoms with E-state index in [1.807, 2.05) is 6.92 Å². The third kappa shape index (κ3) is 3.91. The lowest BCUT2D eigenvalue weighted by atomic mass is 10.0. The summed E-state index contributed by atoms with van der Waals surface area (Å²) in [4.78, 5) is 10.6. The molecule has 1 aromatic carbocycles. The van der Waals surface area contributed by atoms with Gasteiger partial charge in [-0.15, -0.1) is 0 Å². The van der Waals surface area contributed by atoms with Gasteiger partial charge in [0, 0.05) is 6.04 Å². The Balaban J connectivity index is 2.90. The van der Waals surface area contributed by atoms with Crippen LogP contribution in [0.1, 0.15) is 27.2 Å². The Bertz CT molecular complexity index is 419. The first kappa shape index (κ1) is 14.3. The van der Waals surface area contributed by atoms with Crippen molar-refractivity contribution in [3.63, 3.8) is 0 Å². The smallest absolute Gasteiger partial charge is 0.296 e. The number of nitro groups is 1. The normalized spacial score (nSPS) is 12.3. The number of benzene rings is 1. The van der Waals surface area contributed by atoms with Gasteiger partial charge in [-0.2, -0.15) is 0 Å². The number of hydrogen-bond donors (Lipinski definition) is 1. The van der Waals surface area contributed by atoms with E-state index < -0.39 is 4.92 Å². The van der Waals surface area contributed by atoms with Crippen LogP contribution in [-0.2, 0) is 0 Å². The molecule has 0 aliphatic heterocycles. The van der Waals surface area contributed by atoms with Gasteiger partial charge in [0.15, 0.2) is 0 Å². The Morgan fingerprint density at radius 2 is 2.06 bits per heavy atom. The molecule has 1 unspecified atom stereocenters. The zero-order chi connectivity index (χ0) is 13.7. The van der Waals surface area contributed by atoms with Gasteiger partial charge in [0.2, 0.25) is 0 Å². The number of anilines is 1. The van der Waals surface area contributed by atoms with Gasteiger partial charge in [-0.3, -0.25) is 10.1 Å². The van der Waals surface area contributed by atoms with Gasteiger partial charge >= 0.3 is 0 Å². The highest BCUT2D eigenvalue weighted by Crippen LogP contribution is 2.29. The van der Waals surface area contributed by atoms with E-state index in [9.17, 15) is 10.1 Å². The molecule has 0 bridgehead atoms. The highest BCUT2D eigenvalue weighted by Gasteiger charge is 2.17. The molecule has 1 N–H and O–H groups in total. The maximum Gasteiger partial charge on any atom is 0.296 e. The predicted octanol–water partition coefficient (Wildman–Crippen LogP) is 3.45. The van der Waals surface area contributed by atoms with Crippen molar-refractivity contribution in [1.29, 1.82) is 0 Å². The molecule has 1 aromatic rings. The molecule has 5 nitrogen and oxygen atoms in total. The quantitative estimate of drug-likeness (QED) is 0.622. The molecular weight excluding hydrogens is 232 g/mol. The molecule has 0 saturated heterocycles. The van der Waals surface area contributed by atoms with Crippen molar-refractivity contribution in [3.8, 4) is 5.75 Å². The summed E-state index contributed by atoms with van der Waals surface area (Å²) in [6.07, 6.45) is 0.961. The van der Waals surface area contributed by atoms with Crippen molar-refractivity contribution in [1.82, 2.24) is 0 Å². The largest absolute Gasteiger partial charge is 0.496 e. The first-order chi connectivity index (χ1) is 8.43. The van der Waals surface area contributed by atoms with Crippen LogP contribution in [0.15, 0.2) is 18.2 Å². The van der Waals surface area contributed by atoms with E-state index in [0.29, 0.717) is 17.4 Å². The van der Waals surface area contributed by atoms with Gasteiger partial charge in [0.05, 0.1) is 18.1 Å². The Morgan fingerprint density at radius 3 is 2.56 bits per heavy atom. The van der Waals surface area contributed by atoms with Crippen LogP contribution in [0.3, 0.4) is 0 Å². The lowest BCUT2D eigenvalue weighted by Gasteiger charge is -2.17. The number of nitro benzene ring substituents is 1. The van der Waals surface area contributed by atoms with E-state index >= 15 is 0 Å². The van der Waals surface area contributed by atoms with Crippen molar-refractivity contribution >= 4 is 11.4 Å². The average molecular weight is 252 g/mol. The Labute approximate surface area is 107 Å². The van der Waals surface area contributed by atoms with Gasteiger partial charge in [-0.1, -0.05) is 13.8 Å². The molecule has 0 aromatic heterocycles. The van der Waals surface area contributed by atoms with Gasteiger partial charge in [0.1, 0.15) is 11.4 Å². The number of methoxy groups -OCH3 is 1. The molecule has 1 rings (SSSR count). The van der Waals surface area contributed by atoms with Crippen molar-refractivity contribution in [2.75, 3.05) is 12.4 Å². The van der Waals surface area contributed by atoms with Crippen LogP contribution in [-0.4, -0.2) is 18.1 Å². The summed E-state index contributed by atoms with van der Waals surface area (Å²) in [5, 5.41) is 14.2.